The molecule has 0 spiro atoms. The van der Waals surface area contributed by atoms with Crippen molar-refractivity contribution in [1.82, 2.24) is 10.3 Å². The Morgan fingerprint density at radius 3 is 2.81 bits per heavy atom. The SMILES string of the molecule is CC(C)NCC1(c2cccnc2)CCC1C. The van der Waals surface area contributed by atoms with E-state index in [0.717, 1.165) is 12.5 Å². The fourth-order valence-corrected chi connectivity index (χ4v) is 2.62. The van der Waals surface area contributed by atoms with Gasteiger partial charge in [0.25, 0.3) is 0 Å². The van der Waals surface area contributed by atoms with Gasteiger partial charge < -0.3 is 5.32 Å². The lowest BCUT2D eigenvalue weighted by Gasteiger charge is -2.49. The first-order chi connectivity index (χ1) is 7.65. The third-order valence-electron chi connectivity index (χ3n) is 4.03. The standard InChI is InChI=1S/C14H22N2/c1-11(2)16-10-14(7-6-12(14)3)13-5-4-8-15-9-13/h4-5,8-9,11-12,16H,6-7,10H2,1-3H3. The summed E-state index contributed by atoms with van der Waals surface area (Å²) in [5.41, 5.74) is 1.74. The predicted molar refractivity (Wildman–Crippen MR) is 67.5 cm³/mol. The van der Waals surface area contributed by atoms with Gasteiger partial charge in [-0.25, -0.2) is 0 Å². The van der Waals surface area contributed by atoms with Gasteiger partial charge in [-0.3, -0.25) is 4.98 Å². The van der Waals surface area contributed by atoms with Crippen LogP contribution in [0.5, 0.6) is 0 Å². The van der Waals surface area contributed by atoms with Crippen molar-refractivity contribution in [2.45, 2.75) is 45.1 Å². The van der Waals surface area contributed by atoms with Crippen LogP contribution in [-0.4, -0.2) is 17.6 Å². The van der Waals surface area contributed by atoms with Crippen molar-refractivity contribution in [3.05, 3.63) is 30.1 Å². The van der Waals surface area contributed by atoms with Crippen LogP contribution < -0.4 is 5.32 Å². The molecule has 0 aromatic carbocycles. The van der Waals surface area contributed by atoms with E-state index in [4.69, 9.17) is 0 Å². The number of nitrogens with one attached hydrogen (secondary N) is 1. The topological polar surface area (TPSA) is 24.9 Å². The van der Waals surface area contributed by atoms with Crippen LogP contribution >= 0.6 is 0 Å². The molecule has 88 valence electrons. The van der Waals surface area contributed by atoms with Crippen LogP contribution in [0.4, 0.5) is 0 Å². The van der Waals surface area contributed by atoms with Gasteiger partial charge in [0.05, 0.1) is 0 Å². The molecule has 2 atom stereocenters. The number of nitrogens with zero attached hydrogens (tertiary/aromatic N) is 1. The quantitative estimate of drug-likeness (QED) is 0.840. The zero-order chi connectivity index (χ0) is 11.6. The molecular formula is C14H22N2. The summed E-state index contributed by atoms with van der Waals surface area (Å²) < 4.78 is 0. The summed E-state index contributed by atoms with van der Waals surface area (Å²) in [6.45, 7) is 7.86. The van der Waals surface area contributed by atoms with E-state index in [1.54, 1.807) is 0 Å². The van der Waals surface area contributed by atoms with Crippen molar-refractivity contribution in [1.29, 1.82) is 0 Å². The highest BCUT2D eigenvalue weighted by Gasteiger charge is 2.45. The smallest absolute Gasteiger partial charge is 0.0306 e. The van der Waals surface area contributed by atoms with Gasteiger partial charge in [-0.1, -0.05) is 26.8 Å². The van der Waals surface area contributed by atoms with Crippen molar-refractivity contribution in [3.63, 3.8) is 0 Å². The Labute approximate surface area is 98.5 Å². The molecule has 0 saturated heterocycles. The van der Waals surface area contributed by atoms with Crippen molar-refractivity contribution in [2.75, 3.05) is 6.54 Å². The monoisotopic (exact) mass is 218 g/mol. The van der Waals surface area contributed by atoms with Crippen molar-refractivity contribution >= 4 is 0 Å². The Balaban J connectivity index is 2.17. The largest absolute Gasteiger partial charge is 0.314 e. The number of hydrogen-bond acceptors (Lipinski definition) is 2. The summed E-state index contributed by atoms with van der Waals surface area (Å²) in [5, 5.41) is 3.59. The molecule has 0 bridgehead atoms. The fraction of sp³-hybridized carbons (Fsp3) is 0.643. The minimum atomic E-state index is 0.332. The van der Waals surface area contributed by atoms with Crippen LogP contribution in [-0.2, 0) is 5.41 Å². The summed E-state index contributed by atoms with van der Waals surface area (Å²) in [7, 11) is 0. The van der Waals surface area contributed by atoms with Gasteiger partial charge in [-0.15, -0.1) is 0 Å². The van der Waals surface area contributed by atoms with Gasteiger partial charge in [-0.05, 0) is 30.4 Å². The summed E-state index contributed by atoms with van der Waals surface area (Å²) in [6, 6.07) is 4.84. The third-order valence-corrected chi connectivity index (χ3v) is 4.03. The van der Waals surface area contributed by atoms with Gasteiger partial charge in [0.1, 0.15) is 0 Å². The van der Waals surface area contributed by atoms with Crippen LogP contribution in [0.1, 0.15) is 39.2 Å². The molecule has 1 N–H and O–H groups in total. The number of pyridine rings is 1. The Morgan fingerprint density at radius 2 is 2.38 bits per heavy atom. The molecule has 1 heterocycles. The molecule has 0 amide bonds. The van der Waals surface area contributed by atoms with Crippen molar-refractivity contribution < 1.29 is 0 Å². The highest BCUT2D eigenvalue weighted by Crippen LogP contribution is 2.47. The zero-order valence-electron chi connectivity index (χ0n) is 10.5. The van der Waals surface area contributed by atoms with Crippen LogP contribution in [0.15, 0.2) is 24.5 Å². The maximum Gasteiger partial charge on any atom is 0.0306 e. The molecule has 0 aliphatic heterocycles. The lowest BCUT2D eigenvalue weighted by molar-refractivity contribution is 0.131. The average Bonchev–Trinajstić information content (AvgIpc) is 2.29. The molecule has 2 rings (SSSR count). The number of aromatic nitrogens is 1. The highest BCUT2D eigenvalue weighted by atomic mass is 14.9. The lowest BCUT2D eigenvalue weighted by atomic mass is 9.57. The molecule has 2 heteroatoms. The van der Waals surface area contributed by atoms with E-state index in [9.17, 15) is 0 Å². The summed E-state index contributed by atoms with van der Waals surface area (Å²) >= 11 is 0. The van der Waals surface area contributed by atoms with Crippen LogP contribution in [0.3, 0.4) is 0 Å². The lowest BCUT2D eigenvalue weighted by Crippen LogP contribution is -2.51. The molecule has 2 unspecified atom stereocenters. The summed E-state index contributed by atoms with van der Waals surface area (Å²) in [5.74, 6) is 0.767. The zero-order valence-corrected chi connectivity index (χ0v) is 10.5. The summed E-state index contributed by atoms with van der Waals surface area (Å²) in [6.07, 6.45) is 6.53. The Kier molecular flexibility index (Phi) is 3.29. The first kappa shape index (κ1) is 11.6. The molecule has 1 aromatic heterocycles. The number of rotatable bonds is 4. The van der Waals surface area contributed by atoms with E-state index in [2.05, 4.69) is 43.2 Å². The fourth-order valence-electron chi connectivity index (χ4n) is 2.62. The molecule has 16 heavy (non-hydrogen) atoms. The van der Waals surface area contributed by atoms with Crippen LogP contribution in [0.2, 0.25) is 0 Å². The average molecular weight is 218 g/mol. The minimum absolute atomic E-state index is 0.332. The molecule has 1 aliphatic rings. The highest BCUT2D eigenvalue weighted by molar-refractivity contribution is 5.27. The first-order valence-electron chi connectivity index (χ1n) is 6.29. The van der Waals surface area contributed by atoms with E-state index in [1.165, 1.54) is 18.4 Å². The van der Waals surface area contributed by atoms with Gasteiger partial charge in [0, 0.05) is 30.4 Å². The van der Waals surface area contributed by atoms with E-state index >= 15 is 0 Å². The second kappa shape index (κ2) is 4.54. The molecule has 0 radical (unpaired) electrons. The minimum Gasteiger partial charge on any atom is -0.314 e. The molecular weight excluding hydrogens is 196 g/mol. The van der Waals surface area contributed by atoms with E-state index in [-0.39, 0.29) is 0 Å². The van der Waals surface area contributed by atoms with Gasteiger partial charge >= 0.3 is 0 Å². The first-order valence-corrected chi connectivity index (χ1v) is 6.29. The maximum atomic E-state index is 4.27. The second-order valence-electron chi connectivity index (χ2n) is 5.37. The van der Waals surface area contributed by atoms with E-state index < -0.39 is 0 Å². The van der Waals surface area contributed by atoms with Crippen molar-refractivity contribution in [2.24, 2.45) is 5.92 Å². The Hall–Kier alpha value is -0.890. The Bertz CT molecular complexity index is 334. The van der Waals surface area contributed by atoms with Gasteiger partial charge in [-0.2, -0.15) is 0 Å². The maximum absolute atomic E-state index is 4.27. The van der Waals surface area contributed by atoms with Gasteiger partial charge in [0.2, 0.25) is 0 Å². The molecule has 1 aromatic rings. The van der Waals surface area contributed by atoms with E-state index in [1.807, 2.05) is 12.4 Å². The molecule has 1 fully saturated rings. The van der Waals surface area contributed by atoms with Crippen LogP contribution in [0, 0.1) is 5.92 Å². The third kappa shape index (κ3) is 1.99. The van der Waals surface area contributed by atoms with E-state index in [0.29, 0.717) is 11.5 Å². The predicted octanol–water partition coefficient (Wildman–Crippen LogP) is 2.75. The Morgan fingerprint density at radius 1 is 1.56 bits per heavy atom. The second-order valence-corrected chi connectivity index (χ2v) is 5.37. The van der Waals surface area contributed by atoms with Crippen LogP contribution in [0.25, 0.3) is 0 Å². The normalized spacial score (nSPS) is 29.1. The number of hydrogen-bond donors (Lipinski definition) is 1. The van der Waals surface area contributed by atoms with Gasteiger partial charge in [0.15, 0.2) is 0 Å². The van der Waals surface area contributed by atoms with Crippen molar-refractivity contribution in [3.8, 4) is 0 Å². The molecule has 1 saturated carbocycles. The summed E-state index contributed by atoms with van der Waals surface area (Å²) in [4.78, 5) is 4.27. The molecule has 2 nitrogen and oxygen atoms in total. The molecule has 1 aliphatic carbocycles.